The third-order valence-corrected chi connectivity index (χ3v) is 4.76. The third-order valence-electron chi connectivity index (χ3n) is 4.76. The average molecular weight is 409 g/mol. The summed E-state index contributed by atoms with van der Waals surface area (Å²) in [7, 11) is 1.61. The van der Waals surface area contributed by atoms with Crippen molar-refractivity contribution < 1.29 is 14.2 Å². The fraction of sp³-hybridized carbons (Fsp3) is 0.318. The quantitative estimate of drug-likeness (QED) is 0.283. The number of anilines is 2. The number of nitrogens with one attached hydrogen (secondary N) is 1. The molecule has 1 fully saturated rings. The molecule has 0 aliphatic carbocycles. The Labute approximate surface area is 176 Å². The molecule has 158 valence electrons. The molecule has 2 atom stereocenters. The van der Waals surface area contributed by atoms with E-state index in [2.05, 4.69) is 28.0 Å². The summed E-state index contributed by atoms with van der Waals surface area (Å²) in [5, 5.41) is 8.66. The SMILES string of the molecule is C=CC1CN(c2cc(C(=N)c3cc(OCCOC)ccc3N)ncn2)CC(C=C)O1. The molecule has 8 heteroatoms. The number of rotatable bonds is 9. The van der Waals surface area contributed by atoms with Crippen molar-refractivity contribution in [1.82, 2.24) is 9.97 Å². The molecule has 2 heterocycles. The predicted molar refractivity (Wildman–Crippen MR) is 117 cm³/mol. The lowest BCUT2D eigenvalue weighted by Crippen LogP contribution is -2.46. The molecule has 1 aliphatic heterocycles. The van der Waals surface area contributed by atoms with Gasteiger partial charge in [0.1, 0.15) is 24.5 Å². The summed E-state index contributed by atoms with van der Waals surface area (Å²) in [4.78, 5) is 10.8. The van der Waals surface area contributed by atoms with Gasteiger partial charge in [-0.25, -0.2) is 9.97 Å². The van der Waals surface area contributed by atoms with Crippen molar-refractivity contribution in [3.63, 3.8) is 0 Å². The molecular formula is C22H27N5O3. The Kier molecular flexibility index (Phi) is 7.16. The minimum absolute atomic E-state index is 0.129. The number of aromatic nitrogens is 2. The summed E-state index contributed by atoms with van der Waals surface area (Å²) in [5.41, 5.74) is 7.81. The molecular weight excluding hydrogens is 382 g/mol. The van der Waals surface area contributed by atoms with E-state index < -0.39 is 0 Å². The van der Waals surface area contributed by atoms with Crippen LogP contribution in [0.15, 0.2) is 55.9 Å². The summed E-state index contributed by atoms with van der Waals surface area (Å²) in [6.45, 7) is 9.77. The molecule has 30 heavy (non-hydrogen) atoms. The van der Waals surface area contributed by atoms with Crippen LogP contribution in [-0.2, 0) is 9.47 Å². The van der Waals surface area contributed by atoms with E-state index in [0.717, 1.165) is 0 Å². The molecule has 3 N–H and O–H groups in total. The van der Waals surface area contributed by atoms with Crippen molar-refractivity contribution in [3.8, 4) is 5.75 Å². The van der Waals surface area contributed by atoms with Crippen molar-refractivity contribution in [2.45, 2.75) is 12.2 Å². The summed E-state index contributed by atoms with van der Waals surface area (Å²) >= 11 is 0. The number of nitrogens with zero attached hydrogens (tertiary/aromatic N) is 3. The van der Waals surface area contributed by atoms with Crippen LogP contribution < -0.4 is 15.4 Å². The standard InChI is InChI=1S/C22H27N5O3/c1-4-15-12-27(13-16(5-2)30-15)21-11-20(25-14-26-21)22(24)18-10-17(6-7-19(18)23)29-9-8-28-3/h4-7,10-11,14-16,24H,1-2,8-9,12-13,23H2,3H3. The van der Waals surface area contributed by atoms with E-state index in [-0.39, 0.29) is 17.9 Å². The largest absolute Gasteiger partial charge is 0.491 e. The number of benzene rings is 1. The second-order valence-corrected chi connectivity index (χ2v) is 6.82. The second kappa shape index (κ2) is 10.00. The van der Waals surface area contributed by atoms with E-state index in [1.54, 1.807) is 43.5 Å². The maximum atomic E-state index is 8.66. The van der Waals surface area contributed by atoms with Gasteiger partial charge in [-0.15, -0.1) is 13.2 Å². The van der Waals surface area contributed by atoms with Crippen LogP contribution in [0.1, 0.15) is 11.3 Å². The van der Waals surface area contributed by atoms with Crippen LogP contribution in [0.2, 0.25) is 0 Å². The molecule has 2 aromatic rings. The van der Waals surface area contributed by atoms with Crippen molar-refractivity contribution in [1.29, 1.82) is 5.41 Å². The Morgan fingerprint density at radius 2 is 1.97 bits per heavy atom. The highest BCUT2D eigenvalue weighted by atomic mass is 16.5. The van der Waals surface area contributed by atoms with Crippen LogP contribution in [0, 0.1) is 5.41 Å². The molecule has 1 aliphatic rings. The first-order valence-electron chi connectivity index (χ1n) is 9.63. The highest BCUT2D eigenvalue weighted by Crippen LogP contribution is 2.24. The van der Waals surface area contributed by atoms with Crippen molar-refractivity contribution >= 4 is 17.2 Å². The van der Waals surface area contributed by atoms with Crippen LogP contribution in [0.4, 0.5) is 11.5 Å². The molecule has 2 unspecified atom stereocenters. The Morgan fingerprint density at radius 1 is 1.23 bits per heavy atom. The van der Waals surface area contributed by atoms with Crippen molar-refractivity contribution in [3.05, 3.63) is 67.2 Å². The van der Waals surface area contributed by atoms with Gasteiger partial charge in [0.25, 0.3) is 0 Å². The predicted octanol–water partition coefficient (Wildman–Crippen LogP) is 2.45. The molecule has 0 amide bonds. The number of methoxy groups -OCH3 is 1. The lowest BCUT2D eigenvalue weighted by Gasteiger charge is -2.36. The zero-order valence-corrected chi connectivity index (χ0v) is 17.1. The van der Waals surface area contributed by atoms with Gasteiger partial charge >= 0.3 is 0 Å². The van der Waals surface area contributed by atoms with E-state index in [1.165, 1.54) is 6.33 Å². The van der Waals surface area contributed by atoms with Gasteiger partial charge in [0.05, 0.1) is 30.2 Å². The van der Waals surface area contributed by atoms with Crippen LogP contribution in [0.25, 0.3) is 0 Å². The maximum Gasteiger partial charge on any atom is 0.132 e. The third kappa shape index (κ3) is 5.03. The first kappa shape index (κ1) is 21.5. The number of hydrogen-bond acceptors (Lipinski definition) is 8. The average Bonchev–Trinajstić information content (AvgIpc) is 2.79. The summed E-state index contributed by atoms with van der Waals surface area (Å²) in [5.74, 6) is 1.32. The normalized spacial score (nSPS) is 18.6. The molecule has 0 bridgehead atoms. The Balaban J connectivity index is 1.83. The molecule has 1 aromatic heterocycles. The number of ether oxygens (including phenoxy) is 3. The van der Waals surface area contributed by atoms with E-state index >= 15 is 0 Å². The highest BCUT2D eigenvalue weighted by molar-refractivity contribution is 6.13. The molecule has 3 rings (SSSR count). The molecule has 1 aromatic carbocycles. The fourth-order valence-electron chi connectivity index (χ4n) is 3.15. The minimum Gasteiger partial charge on any atom is -0.491 e. The summed E-state index contributed by atoms with van der Waals surface area (Å²) in [6, 6.07) is 7.02. The summed E-state index contributed by atoms with van der Waals surface area (Å²) in [6.07, 6.45) is 4.73. The minimum atomic E-state index is -0.129. The van der Waals surface area contributed by atoms with E-state index in [9.17, 15) is 0 Å². The van der Waals surface area contributed by atoms with Gasteiger partial charge in [0.15, 0.2) is 0 Å². The maximum absolute atomic E-state index is 8.66. The van der Waals surface area contributed by atoms with Crippen LogP contribution in [0.3, 0.4) is 0 Å². The van der Waals surface area contributed by atoms with Crippen molar-refractivity contribution in [2.75, 3.05) is 44.0 Å². The van der Waals surface area contributed by atoms with E-state index in [0.29, 0.717) is 54.8 Å². The van der Waals surface area contributed by atoms with Crippen LogP contribution >= 0.6 is 0 Å². The molecule has 0 saturated carbocycles. The molecule has 8 nitrogen and oxygen atoms in total. The Morgan fingerprint density at radius 3 is 2.63 bits per heavy atom. The first-order chi connectivity index (χ1) is 14.5. The van der Waals surface area contributed by atoms with Gasteiger partial charge in [0, 0.05) is 37.5 Å². The number of nitrogen functional groups attached to an aromatic ring is 1. The zero-order chi connectivity index (χ0) is 21.5. The van der Waals surface area contributed by atoms with Gasteiger partial charge in [-0.05, 0) is 18.2 Å². The van der Waals surface area contributed by atoms with Gasteiger partial charge < -0.3 is 24.8 Å². The fourth-order valence-corrected chi connectivity index (χ4v) is 3.15. The smallest absolute Gasteiger partial charge is 0.132 e. The topological polar surface area (TPSA) is 107 Å². The monoisotopic (exact) mass is 409 g/mol. The van der Waals surface area contributed by atoms with Gasteiger partial charge in [0.2, 0.25) is 0 Å². The van der Waals surface area contributed by atoms with Crippen LogP contribution in [-0.4, -0.2) is 61.3 Å². The summed E-state index contributed by atoms with van der Waals surface area (Å²) < 4.78 is 16.5. The Hall–Kier alpha value is -3.23. The molecule has 1 saturated heterocycles. The van der Waals surface area contributed by atoms with E-state index in [4.69, 9.17) is 25.4 Å². The highest BCUT2D eigenvalue weighted by Gasteiger charge is 2.26. The number of hydrogen-bond donors (Lipinski definition) is 2. The molecule has 0 radical (unpaired) electrons. The van der Waals surface area contributed by atoms with Crippen molar-refractivity contribution in [2.24, 2.45) is 0 Å². The molecule has 0 spiro atoms. The Bertz CT molecular complexity index is 901. The lowest BCUT2D eigenvalue weighted by atomic mass is 10.0. The zero-order valence-electron chi connectivity index (χ0n) is 17.1. The van der Waals surface area contributed by atoms with Crippen LogP contribution in [0.5, 0.6) is 5.75 Å². The van der Waals surface area contributed by atoms with Gasteiger partial charge in [-0.1, -0.05) is 12.2 Å². The first-order valence-corrected chi connectivity index (χ1v) is 9.63. The second-order valence-electron chi connectivity index (χ2n) is 6.82. The van der Waals surface area contributed by atoms with Gasteiger partial charge in [-0.3, -0.25) is 5.41 Å². The lowest BCUT2D eigenvalue weighted by molar-refractivity contribution is 0.0267. The van der Waals surface area contributed by atoms with Gasteiger partial charge in [-0.2, -0.15) is 0 Å². The number of nitrogens with two attached hydrogens (primary N) is 1. The van der Waals surface area contributed by atoms with E-state index in [1.807, 2.05) is 0 Å². The number of morpholine rings is 1.